The number of hydrogen-bond donors (Lipinski definition) is 2. The normalized spacial score (nSPS) is 14.7. The second-order valence-corrected chi connectivity index (χ2v) is 9.88. The Morgan fingerprint density at radius 1 is 1.06 bits per heavy atom. The standard InChI is InChI=1S/C22H27BrN2O5S/c1-3-30-19-11-10-17(13-18(19)23)25-31(27,28)21-14-16(9-12-20(21)29-2)24-22(26)15-7-5-4-6-8-15/h9-15,25H,3-8H2,1-2H3,(H,24,26). The number of anilines is 2. The van der Waals surface area contributed by atoms with Crippen LogP contribution in [0.1, 0.15) is 39.0 Å². The topological polar surface area (TPSA) is 93.7 Å². The van der Waals surface area contributed by atoms with E-state index in [1.165, 1.54) is 13.2 Å². The van der Waals surface area contributed by atoms with Gasteiger partial charge in [0.1, 0.15) is 16.4 Å². The average Bonchev–Trinajstić information content (AvgIpc) is 2.76. The van der Waals surface area contributed by atoms with Gasteiger partial charge in [0, 0.05) is 11.6 Å². The van der Waals surface area contributed by atoms with Crippen molar-refractivity contribution in [2.45, 2.75) is 43.9 Å². The molecule has 1 aliphatic carbocycles. The van der Waals surface area contributed by atoms with Crippen LogP contribution in [0.2, 0.25) is 0 Å². The van der Waals surface area contributed by atoms with Crippen molar-refractivity contribution >= 4 is 43.2 Å². The Balaban J connectivity index is 1.83. The Morgan fingerprint density at radius 2 is 1.74 bits per heavy atom. The minimum Gasteiger partial charge on any atom is -0.495 e. The number of carbonyl (C=O) groups is 1. The number of hydrogen-bond acceptors (Lipinski definition) is 5. The summed E-state index contributed by atoms with van der Waals surface area (Å²) < 4.78 is 40.1. The minimum atomic E-state index is -3.97. The third-order valence-electron chi connectivity index (χ3n) is 5.18. The first-order valence-corrected chi connectivity index (χ1v) is 12.6. The fourth-order valence-electron chi connectivity index (χ4n) is 3.62. The average molecular weight is 511 g/mol. The predicted molar refractivity (Wildman–Crippen MR) is 124 cm³/mol. The second kappa shape index (κ2) is 10.4. The third-order valence-corrected chi connectivity index (χ3v) is 7.20. The van der Waals surface area contributed by atoms with Gasteiger partial charge in [-0.1, -0.05) is 19.3 Å². The van der Waals surface area contributed by atoms with Crippen LogP contribution in [-0.2, 0) is 14.8 Å². The molecule has 1 saturated carbocycles. The third kappa shape index (κ3) is 5.92. The van der Waals surface area contributed by atoms with Gasteiger partial charge in [-0.15, -0.1) is 0 Å². The van der Waals surface area contributed by atoms with Gasteiger partial charge < -0.3 is 14.8 Å². The van der Waals surface area contributed by atoms with Crippen LogP contribution >= 0.6 is 15.9 Å². The zero-order chi connectivity index (χ0) is 22.4. The number of benzene rings is 2. The van der Waals surface area contributed by atoms with E-state index in [4.69, 9.17) is 9.47 Å². The summed E-state index contributed by atoms with van der Waals surface area (Å²) in [6, 6.07) is 9.54. The maximum absolute atomic E-state index is 13.1. The Morgan fingerprint density at radius 3 is 2.39 bits per heavy atom. The molecule has 1 aliphatic rings. The largest absolute Gasteiger partial charge is 0.495 e. The highest BCUT2D eigenvalue weighted by Crippen LogP contribution is 2.32. The molecule has 168 valence electrons. The van der Waals surface area contributed by atoms with Gasteiger partial charge in [0.05, 0.1) is 23.9 Å². The van der Waals surface area contributed by atoms with E-state index < -0.39 is 10.0 Å². The van der Waals surface area contributed by atoms with Crippen molar-refractivity contribution in [3.05, 3.63) is 40.9 Å². The highest BCUT2D eigenvalue weighted by molar-refractivity contribution is 9.10. The maximum atomic E-state index is 13.1. The van der Waals surface area contributed by atoms with Gasteiger partial charge in [0.25, 0.3) is 10.0 Å². The molecule has 0 unspecified atom stereocenters. The molecule has 0 heterocycles. The molecule has 9 heteroatoms. The predicted octanol–water partition coefficient (Wildman–Crippen LogP) is 5.18. The summed E-state index contributed by atoms with van der Waals surface area (Å²) in [5.74, 6) is 0.704. The zero-order valence-electron chi connectivity index (χ0n) is 17.6. The van der Waals surface area contributed by atoms with E-state index in [2.05, 4.69) is 26.0 Å². The molecular weight excluding hydrogens is 484 g/mol. The van der Waals surface area contributed by atoms with Crippen LogP contribution in [0.15, 0.2) is 45.8 Å². The number of ether oxygens (including phenoxy) is 2. The van der Waals surface area contributed by atoms with Crippen LogP contribution < -0.4 is 19.5 Å². The summed E-state index contributed by atoms with van der Waals surface area (Å²) in [5, 5.41) is 2.86. The van der Waals surface area contributed by atoms with E-state index in [1.807, 2.05) is 6.92 Å². The van der Waals surface area contributed by atoms with Crippen molar-refractivity contribution in [3.63, 3.8) is 0 Å². The molecule has 7 nitrogen and oxygen atoms in total. The van der Waals surface area contributed by atoms with Crippen molar-refractivity contribution in [2.24, 2.45) is 5.92 Å². The van der Waals surface area contributed by atoms with Crippen molar-refractivity contribution in [1.29, 1.82) is 0 Å². The lowest BCUT2D eigenvalue weighted by Gasteiger charge is -2.21. The lowest BCUT2D eigenvalue weighted by atomic mass is 9.88. The molecule has 0 spiro atoms. The molecule has 31 heavy (non-hydrogen) atoms. The molecule has 0 saturated heterocycles. The number of carbonyl (C=O) groups excluding carboxylic acids is 1. The molecule has 0 aromatic heterocycles. The molecule has 2 N–H and O–H groups in total. The first kappa shape index (κ1) is 23.4. The molecule has 2 aromatic carbocycles. The highest BCUT2D eigenvalue weighted by atomic mass is 79.9. The van der Waals surface area contributed by atoms with Gasteiger partial charge in [-0.3, -0.25) is 9.52 Å². The highest BCUT2D eigenvalue weighted by Gasteiger charge is 2.24. The number of nitrogens with one attached hydrogen (secondary N) is 2. The smallest absolute Gasteiger partial charge is 0.265 e. The van der Waals surface area contributed by atoms with Gasteiger partial charge in [0.15, 0.2) is 0 Å². The molecule has 2 aromatic rings. The van der Waals surface area contributed by atoms with E-state index in [-0.39, 0.29) is 22.5 Å². The summed E-state index contributed by atoms with van der Waals surface area (Å²) in [5.41, 5.74) is 0.790. The van der Waals surface area contributed by atoms with E-state index in [1.54, 1.807) is 30.3 Å². The summed E-state index contributed by atoms with van der Waals surface area (Å²) in [6.07, 6.45) is 4.97. The first-order valence-electron chi connectivity index (χ1n) is 10.3. The number of sulfonamides is 1. The first-order chi connectivity index (χ1) is 14.8. The van der Waals surface area contributed by atoms with Crippen LogP contribution in [0.4, 0.5) is 11.4 Å². The van der Waals surface area contributed by atoms with Crippen LogP contribution in [0.5, 0.6) is 11.5 Å². The Labute approximate surface area is 191 Å². The SMILES string of the molecule is CCOc1ccc(NS(=O)(=O)c2cc(NC(=O)C3CCCCC3)ccc2OC)cc1Br. The second-order valence-electron chi connectivity index (χ2n) is 7.37. The van der Waals surface area contributed by atoms with E-state index in [0.717, 1.165) is 32.1 Å². The Hall–Kier alpha value is -2.26. The number of halogens is 1. The molecule has 0 bridgehead atoms. The number of methoxy groups -OCH3 is 1. The minimum absolute atomic E-state index is 0.0322. The molecule has 0 atom stereocenters. The molecule has 0 radical (unpaired) electrons. The van der Waals surface area contributed by atoms with Gasteiger partial charge >= 0.3 is 0 Å². The van der Waals surface area contributed by atoms with Gasteiger partial charge in [0.2, 0.25) is 5.91 Å². The van der Waals surface area contributed by atoms with E-state index >= 15 is 0 Å². The van der Waals surface area contributed by atoms with Crippen LogP contribution in [0.3, 0.4) is 0 Å². The fourth-order valence-corrected chi connectivity index (χ4v) is 5.36. The fraction of sp³-hybridized carbons (Fsp3) is 0.409. The van der Waals surface area contributed by atoms with Crippen molar-refractivity contribution in [3.8, 4) is 11.5 Å². The number of rotatable bonds is 8. The van der Waals surface area contributed by atoms with Crippen molar-refractivity contribution in [2.75, 3.05) is 23.8 Å². The van der Waals surface area contributed by atoms with Crippen LogP contribution in [0.25, 0.3) is 0 Å². The van der Waals surface area contributed by atoms with Gasteiger partial charge in [-0.05, 0) is 72.1 Å². The quantitative estimate of drug-likeness (QED) is 0.510. The van der Waals surface area contributed by atoms with E-state index in [9.17, 15) is 13.2 Å². The van der Waals surface area contributed by atoms with E-state index in [0.29, 0.717) is 28.2 Å². The molecule has 3 rings (SSSR count). The lowest BCUT2D eigenvalue weighted by molar-refractivity contribution is -0.120. The van der Waals surface area contributed by atoms with Crippen LogP contribution in [-0.4, -0.2) is 28.0 Å². The summed E-state index contributed by atoms with van der Waals surface area (Å²) in [7, 11) is -2.56. The molecular formula is C22H27BrN2O5S. The van der Waals surface area contributed by atoms with Gasteiger partial charge in [-0.2, -0.15) is 0 Å². The molecule has 1 amide bonds. The Bertz CT molecular complexity index is 1040. The Kier molecular flexibility index (Phi) is 7.83. The van der Waals surface area contributed by atoms with Gasteiger partial charge in [-0.25, -0.2) is 8.42 Å². The summed E-state index contributed by atoms with van der Waals surface area (Å²) in [4.78, 5) is 12.5. The lowest BCUT2D eigenvalue weighted by Crippen LogP contribution is -2.25. The van der Waals surface area contributed by atoms with Crippen molar-refractivity contribution < 1.29 is 22.7 Å². The maximum Gasteiger partial charge on any atom is 0.265 e. The molecule has 1 fully saturated rings. The zero-order valence-corrected chi connectivity index (χ0v) is 20.0. The van der Waals surface area contributed by atoms with Crippen molar-refractivity contribution in [1.82, 2.24) is 0 Å². The monoisotopic (exact) mass is 510 g/mol. The summed E-state index contributed by atoms with van der Waals surface area (Å²) in [6.45, 7) is 2.37. The van der Waals surface area contributed by atoms with Crippen LogP contribution in [0, 0.1) is 5.92 Å². The number of amides is 1. The molecule has 0 aliphatic heterocycles. The summed E-state index contributed by atoms with van der Waals surface area (Å²) >= 11 is 3.38.